The second-order valence-corrected chi connectivity index (χ2v) is 4.34. The summed E-state index contributed by atoms with van der Waals surface area (Å²) in [4.78, 5) is 13.9. The molecule has 1 aromatic carbocycles. The number of halogens is 1. The van der Waals surface area contributed by atoms with Gasteiger partial charge in [0.05, 0.1) is 0 Å². The fraction of sp³-hybridized carbons (Fsp3) is 0.462. The van der Waals surface area contributed by atoms with Crippen molar-refractivity contribution in [1.29, 1.82) is 0 Å². The molecule has 1 aliphatic heterocycles. The van der Waals surface area contributed by atoms with Crippen LogP contribution in [0.15, 0.2) is 24.3 Å². The van der Waals surface area contributed by atoms with Crippen molar-refractivity contribution in [2.45, 2.75) is 18.9 Å². The quantitative estimate of drug-likeness (QED) is 0.862. The predicted molar refractivity (Wildman–Crippen MR) is 64.4 cm³/mol. The highest BCUT2D eigenvalue weighted by Crippen LogP contribution is 2.23. The predicted octanol–water partition coefficient (Wildman–Crippen LogP) is 1.65. The number of carbonyl (C=O) groups is 1. The van der Waals surface area contributed by atoms with Crippen molar-refractivity contribution in [3.05, 3.63) is 35.6 Å². The fourth-order valence-corrected chi connectivity index (χ4v) is 2.11. The zero-order valence-electron chi connectivity index (χ0n) is 9.95. The van der Waals surface area contributed by atoms with Gasteiger partial charge in [-0.15, -0.1) is 0 Å². The molecule has 17 heavy (non-hydrogen) atoms. The molecule has 0 aromatic heterocycles. The van der Waals surface area contributed by atoms with E-state index in [-0.39, 0.29) is 11.7 Å². The molecule has 1 unspecified atom stereocenters. The largest absolute Gasteiger partial charge is 0.335 e. The lowest BCUT2D eigenvalue weighted by atomic mass is 9.98. The molecule has 1 amide bonds. The Morgan fingerprint density at radius 1 is 1.59 bits per heavy atom. The molecule has 1 N–H and O–H groups in total. The topological polar surface area (TPSA) is 32.3 Å². The van der Waals surface area contributed by atoms with E-state index in [1.54, 1.807) is 12.1 Å². The summed E-state index contributed by atoms with van der Waals surface area (Å²) in [6.07, 6.45) is 2.00. The molecule has 4 heteroatoms. The molecule has 92 valence electrons. The first kappa shape index (κ1) is 12.0. The van der Waals surface area contributed by atoms with Gasteiger partial charge < -0.3 is 10.2 Å². The fourth-order valence-electron chi connectivity index (χ4n) is 2.11. The van der Waals surface area contributed by atoms with E-state index in [1.165, 1.54) is 12.1 Å². The maximum atomic E-state index is 13.0. The van der Waals surface area contributed by atoms with E-state index < -0.39 is 0 Å². The summed E-state index contributed by atoms with van der Waals surface area (Å²) in [5.74, 6) is -0.417. The molecule has 0 aliphatic carbocycles. The highest BCUT2D eigenvalue weighted by Gasteiger charge is 2.31. The third kappa shape index (κ3) is 2.64. The average Bonchev–Trinajstić information content (AvgIpc) is 2.28. The molecule has 3 nitrogen and oxygen atoms in total. The third-order valence-electron chi connectivity index (χ3n) is 3.20. The van der Waals surface area contributed by atoms with Crippen LogP contribution in [-0.2, 0) is 0 Å². The Kier molecular flexibility index (Phi) is 3.74. The number of carbonyl (C=O) groups excluding carboxylic acids is 1. The molecule has 0 saturated carbocycles. The van der Waals surface area contributed by atoms with Crippen LogP contribution in [0.2, 0.25) is 0 Å². The molecule has 1 aliphatic rings. The molecule has 0 bridgehead atoms. The van der Waals surface area contributed by atoms with E-state index in [9.17, 15) is 9.18 Å². The van der Waals surface area contributed by atoms with Gasteiger partial charge in [-0.05, 0) is 44.6 Å². The molecule has 1 atom stereocenters. The molecule has 1 heterocycles. The van der Waals surface area contributed by atoms with Crippen LogP contribution in [0.5, 0.6) is 0 Å². The summed E-state index contributed by atoms with van der Waals surface area (Å²) in [5, 5.41) is 3.08. The molecular formula is C13H17FN2O. The molecule has 2 rings (SSSR count). The molecule has 0 radical (unpaired) electrons. The van der Waals surface area contributed by atoms with Gasteiger partial charge in [0.25, 0.3) is 5.91 Å². The number of nitrogens with zero attached hydrogens (tertiary/aromatic N) is 1. The third-order valence-corrected chi connectivity index (χ3v) is 3.20. The van der Waals surface area contributed by atoms with Crippen molar-refractivity contribution in [3.8, 4) is 0 Å². The van der Waals surface area contributed by atoms with Gasteiger partial charge in [-0.2, -0.15) is 0 Å². The minimum atomic E-state index is -0.358. The van der Waals surface area contributed by atoms with E-state index in [0.717, 1.165) is 25.9 Å². The van der Waals surface area contributed by atoms with Gasteiger partial charge in [0, 0.05) is 18.2 Å². The zero-order valence-corrected chi connectivity index (χ0v) is 9.95. The van der Waals surface area contributed by atoms with Gasteiger partial charge in [-0.25, -0.2) is 4.39 Å². The molecule has 1 aromatic rings. The van der Waals surface area contributed by atoms with E-state index in [1.807, 2.05) is 11.9 Å². The molecule has 0 spiro atoms. The maximum Gasteiger partial charge on any atom is 0.254 e. The maximum absolute atomic E-state index is 13.0. The first-order valence-electron chi connectivity index (χ1n) is 5.93. The molecule has 1 fully saturated rings. The molecule has 1 saturated heterocycles. The SMILES string of the molecule is CNCCC1CCN1C(=O)c1cccc(F)c1. The van der Waals surface area contributed by atoms with Gasteiger partial charge >= 0.3 is 0 Å². The average molecular weight is 236 g/mol. The Labute approximate surface area is 101 Å². The van der Waals surface area contributed by atoms with E-state index >= 15 is 0 Å². The van der Waals surface area contributed by atoms with Crippen molar-refractivity contribution in [1.82, 2.24) is 10.2 Å². The van der Waals surface area contributed by atoms with Crippen molar-refractivity contribution in [2.75, 3.05) is 20.1 Å². The van der Waals surface area contributed by atoms with E-state index in [4.69, 9.17) is 0 Å². The van der Waals surface area contributed by atoms with Gasteiger partial charge in [0.1, 0.15) is 5.82 Å². The van der Waals surface area contributed by atoms with Crippen molar-refractivity contribution in [2.24, 2.45) is 0 Å². The highest BCUT2D eigenvalue weighted by atomic mass is 19.1. The Morgan fingerprint density at radius 3 is 3.00 bits per heavy atom. The van der Waals surface area contributed by atoms with Crippen LogP contribution in [0.25, 0.3) is 0 Å². The Bertz CT molecular complexity index is 408. The van der Waals surface area contributed by atoms with Gasteiger partial charge in [-0.3, -0.25) is 4.79 Å². The first-order valence-corrected chi connectivity index (χ1v) is 5.93. The lowest BCUT2D eigenvalue weighted by Crippen LogP contribution is -2.51. The highest BCUT2D eigenvalue weighted by molar-refractivity contribution is 5.94. The lowest BCUT2D eigenvalue weighted by Gasteiger charge is -2.41. The number of hydrogen-bond donors (Lipinski definition) is 1. The zero-order chi connectivity index (χ0) is 12.3. The first-order chi connectivity index (χ1) is 8.22. The van der Waals surface area contributed by atoms with Crippen LogP contribution in [0.1, 0.15) is 23.2 Å². The van der Waals surface area contributed by atoms with Crippen LogP contribution < -0.4 is 5.32 Å². The number of benzene rings is 1. The van der Waals surface area contributed by atoms with E-state index in [2.05, 4.69) is 5.32 Å². The van der Waals surface area contributed by atoms with E-state index in [0.29, 0.717) is 11.6 Å². The standard InChI is InChI=1S/C13H17FN2O/c1-15-7-5-12-6-8-16(12)13(17)10-3-2-4-11(14)9-10/h2-4,9,12,15H,5-8H2,1H3. The van der Waals surface area contributed by atoms with Gasteiger partial charge in [0.15, 0.2) is 0 Å². The van der Waals surface area contributed by atoms with Gasteiger partial charge in [-0.1, -0.05) is 6.07 Å². The smallest absolute Gasteiger partial charge is 0.254 e. The lowest BCUT2D eigenvalue weighted by molar-refractivity contribution is 0.0446. The molecular weight excluding hydrogens is 219 g/mol. The summed E-state index contributed by atoms with van der Waals surface area (Å²) < 4.78 is 13.0. The second-order valence-electron chi connectivity index (χ2n) is 4.34. The summed E-state index contributed by atoms with van der Waals surface area (Å²) in [5.41, 5.74) is 0.444. The summed E-state index contributed by atoms with van der Waals surface area (Å²) in [6.45, 7) is 1.68. The number of likely N-dealkylation sites (tertiary alicyclic amines) is 1. The summed E-state index contributed by atoms with van der Waals surface area (Å²) >= 11 is 0. The van der Waals surface area contributed by atoms with Crippen LogP contribution >= 0.6 is 0 Å². The number of rotatable bonds is 4. The summed E-state index contributed by atoms with van der Waals surface area (Å²) in [7, 11) is 1.90. The normalized spacial score (nSPS) is 18.9. The number of amides is 1. The van der Waals surface area contributed by atoms with Crippen LogP contribution in [0, 0.1) is 5.82 Å². The van der Waals surface area contributed by atoms with Gasteiger partial charge in [0.2, 0.25) is 0 Å². The monoisotopic (exact) mass is 236 g/mol. The Balaban J connectivity index is 2.00. The minimum absolute atomic E-state index is 0.0585. The second kappa shape index (κ2) is 5.27. The van der Waals surface area contributed by atoms with Crippen LogP contribution in [0.4, 0.5) is 4.39 Å². The Morgan fingerprint density at radius 2 is 2.41 bits per heavy atom. The van der Waals surface area contributed by atoms with Crippen molar-refractivity contribution >= 4 is 5.91 Å². The van der Waals surface area contributed by atoms with Crippen molar-refractivity contribution < 1.29 is 9.18 Å². The van der Waals surface area contributed by atoms with Crippen molar-refractivity contribution in [3.63, 3.8) is 0 Å². The summed E-state index contributed by atoms with van der Waals surface area (Å²) in [6, 6.07) is 6.20. The number of nitrogens with one attached hydrogen (secondary N) is 1. The minimum Gasteiger partial charge on any atom is -0.335 e. The van der Waals surface area contributed by atoms with Crippen LogP contribution in [-0.4, -0.2) is 37.0 Å². The number of hydrogen-bond acceptors (Lipinski definition) is 2. The Hall–Kier alpha value is -1.42. The van der Waals surface area contributed by atoms with Crippen LogP contribution in [0.3, 0.4) is 0 Å².